The van der Waals surface area contributed by atoms with E-state index in [4.69, 9.17) is 23.2 Å². The zero-order chi connectivity index (χ0) is 13.0. The fourth-order valence-electron chi connectivity index (χ4n) is 1.76. The zero-order valence-corrected chi connectivity index (χ0v) is 11.5. The third-order valence-electron chi connectivity index (χ3n) is 2.63. The Hall–Kier alpha value is -1.32. The molecule has 0 spiro atoms. The molecule has 0 radical (unpaired) electrons. The van der Waals surface area contributed by atoms with Gasteiger partial charge in [-0.15, -0.1) is 11.6 Å². The highest BCUT2D eigenvalue weighted by Crippen LogP contribution is 2.25. The number of aromatic nitrogens is 2. The van der Waals surface area contributed by atoms with Crippen LogP contribution in [0.5, 0.6) is 0 Å². The van der Waals surface area contributed by atoms with Gasteiger partial charge in [0.1, 0.15) is 17.3 Å². The molecule has 0 atom stereocenters. The van der Waals surface area contributed by atoms with Gasteiger partial charge in [0.15, 0.2) is 0 Å². The van der Waals surface area contributed by atoms with Crippen LogP contribution in [-0.2, 0) is 12.4 Å². The van der Waals surface area contributed by atoms with Crippen LogP contribution in [0.25, 0.3) is 0 Å². The van der Waals surface area contributed by atoms with Crippen molar-refractivity contribution in [3.8, 4) is 0 Å². The van der Waals surface area contributed by atoms with Gasteiger partial charge >= 0.3 is 0 Å². The second kappa shape index (κ2) is 6.03. The number of benzene rings is 1. The van der Waals surface area contributed by atoms with Gasteiger partial charge in [0.05, 0.1) is 5.88 Å². The summed E-state index contributed by atoms with van der Waals surface area (Å²) in [5, 5.41) is 0.412. The maximum Gasteiger partial charge on any atom is 0.138 e. The molecule has 0 aliphatic rings. The molecule has 1 heterocycles. The summed E-state index contributed by atoms with van der Waals surface area (Å²) >= 11 is 11.9. The number of anilines is 1. The number of nitrogens with zero attached hydrogens (tertiary/aromatic N) is 3. The summed E-state index contributed by atoms with van der Waals surface area (Å²) in [6, 6.07) is 10.2. The molecule has 0 N–H and O–H groups in total. The molecule has 0 aliphatic carbocycles. The Kier molecular flexibility index (Phi) is 4.39. The molecule has 3 nitrogen and oxygen atoms in total. The highest BCUT2D eigenvalue weighted by atomic mass is 35.5. The summed E-state index contributed by atoms with van der Waals surface area (Å²) in [6.45, 7) is 0.748. The molecule has 94 valence electrons. The summed E-state index contributed by atoms with van der Waals surface area (Å²) in [5.41, 5.74) is 1.97. The average molecular weight is 282 g/mol. The third kappa shape index (κ3) is 2.92. The van der Waals surface area contributed by atoms with E-state index in [1.165, 1.54) is 11.9 Å². The Morgan fingerprint density at radius 2 is 1.89 bits per heavy atom. The highest BCUT2D eigenvalue weighted by Gasteiger charge is 2.12. The van der Waals surface area contributed by atoms with Crippen molar-refractivity contribution in [3.63, 3.8) is 0 Å². The van der Waals surface area contributed by atoms with Crippen LogP contribution in [0, 0.1) is 0 Å². The van der Waals surface area contributed by atoms with E-state index >= 15 is 0 Å². The first-order valence-electron chi connectivity index (χ1n) is 5.52. The molecule has 0 saturated carbocycles. The molecule has 1 aromatic heterocycles. The summed E-state index contributed by atoms with van der Waals surface area (Å²) < 4.78 is 0. The minimum absolute atomic E-state index is 0.300. The molecule has 18 heavy (non-hydrogen) atoms. The topological polar surface area (TPSA) is 29.0 Å². The van der Waals surface area contributed by atoms with Gasteiger partial charge in [0.2, 0.25) is 0 Å². The van der Waals surface area contributed by atoms with E-state index < -0.39 is 0 Å². The van der Waals surface area contributed by atoms with Crippen LogP contribution < -0.4 is 4.90 Å². The summed E-state index contributed by atoms with van der Waals surface area (Å²) in [6.07, 6.45) is 1.45. The zero-order valence-electron chi connectivity index (χ0n) is 9.98. The predicted octanol–water partition coefficient (Wildman–Crippen LogP) is 3.51. The maximum atomic E-state index is 6.01. The maximum absolute atomic E-state index is 6.01. The lowest BCUT2D eigenvalue weighted by Crippen LogP contribution is -2.19. The van der Waals surface area contributed by atoms with Crippen LogP contribution in [0.3, 0.4) is 0 Å². The van der Waals surface area contributed by atoms with Gasteiger partial charge in [-0.1, -0.05) is 41.9 Å². The lowest BCUT2D eigenvalue weighted by molar-refractivity contribution is 0.880. The van der Waals surface area contributed by atoms with Gasteiger partial charge in [0, 0.05) is 19.2 Å². The van der Waals surface area contributed by atoms with Crippen LogP contribution in [0.15, 0.2) is 36.7 Å². The lowest BCUT2D eigenvalue weighted by atomic mass is 10.2. The molecule has 1 aromatic carbocycles. The van der Waals surface area contributed by atoms with Crippen molar-refractivity contribution in [2.75, 3.05) is 11.9 Å². The van der Waals surface area contributed by atoms with Crippen molar-refractivity contribution >= 4 is 29.0 Å². The molecule has 0 unspecified atom stereocenters. The van der Waals surface area contributed by atoms with Crippen molar-refractivity contribution in [1.82, 2.24) is 9.97 Å². The largest absolute Gasteiger partial charge is 0.355 e. The molecule has 2 aromatic rings. The van der Waals surface area contributed by atoms with E-state index in [2.05, 4.69) is 22.1 Å². The first-order chi connectivity index (χ1) is 8.72. The smallest absolute Gasteiger partial charge is 0.138 e. The quantitative estimate of drug-likeness (QED) is 0.634. The van der Waals surface area contributed by atoms with Crippen molar-refractivity contribution < 1.29 is 0 Å². The predicted molar refractivity (Wildman–Crippen MR) is 75.1 cm³/mol. The molecule has 0 bridgehead atoms. The molecule has 0 fully saturated rings. The molecule has 5 heteroatoms. The Balaban J connectivity index is 2.24. The Bertz CT molecular complexity index is 517. The van der Waals surface area contributed by atoms with E-state index in [1.54, 1.807) is 0 Å². The second-order valence-corrected chi connectivity index (χ2v) is 4.57. The van der Waals surface area contributed by atoms with Crippen molar-refractivity contribution in [2.45, 2.75) is 12.4 Å². The minimum atomic E-state index is 0.300. The monoisotopic (exact) mass is 281 g/mol. The van der Waals surface area contributed by atoms with E-state index in [-0.39, 0.29) is 0 Å². The van der Waals surface area contributed by atoms with Crippen LogP contribution in [-0.4, -0.2) is 17.0 Å². The Morgan fingerprint density at radius 3 is 2.56 bits per heavy atom. The van der Waals surface area contributed by atoms with E-state index in [0.29, 0.717) is 11.0 Å². The fourth-order valence-corrected chi connectivity index (χ4v) is 2.27. The summed E-state index contributed by atoms with van der Waals surface area (Å²) in [4.78, 5) is 10.2. The van der Waals surface area contributed by atoms with Crippen LogP contribution >= 0.6 is 23.2 Å². The number of rotatable bonds is 4. The van der Waals surface area contributed by atoms with Gasteiger partial charge in [-0.05, 0) is 5.56 Å². The van der Waals surface area contributed by atoms with Gasteiger partial charge in [-0.3, -0.25) is 0 Å². The van der Waals surface area contributed by atoms with Gasteiger partial charge < -0.3 is 4.90 Å². The second-order valence-electron chi connectivity index (χ2n) is 3.94. The van der Waals surface area contributed by atoms with Crippen LogP contribution in [0.4, 0.5) is 5.82 Å². The fraction of sp³-hybridized carbons (Fsp3) is 0.231. The van der Waals surface area contributed by atoms with Crippen molar-refractivity contribution in [1.29, 1.82) is 0 Å². The minimum Gasteiger partial charge on any atom is -0.355 e. The average Bonchev–Trinajstić information content (AvgIpc) is 2.39. The van der Waals surface area contributed by atoms with Crippen LogP contribution in [0.2, 0.25) is 5.15 Å². The molecular formula is C13H13Cl2N3. The Labute approximate surface area is 116 Å². The van der Waals surface area contributed by atoms with Gasteiger partial charge in [-0.25, -0.2) is 9.97 Å². The number of hydrogen-bond donors (Lipinski definition) is 0. The lowest BCUT2D eigenvalue weighted by Gasteiger charge is -2.20. The first kappa shape index (κ1) is 13.1. The van der Waals surface area contributed by atoms with E-state index in [9.17, 15) is 0 Å². The van der Waals surface area contributed by atoms with Crippen LogP contribution in [0.1, 0.15) is 11.1 Å². The third-order valence-corrected chi connectivity index (χ3v) is 3.22. The van der Waals surface area contributed by atoms with Crippen molar-refractivity contribution in [2.24, 2.45) is 0 Å². The summed E-state index contributed by atoms with van der Waals surface area (Å²) in [5.74, 6) is 1.07. The molecule has 0 amide bonds. The van der Waals surface area contributed by atoms with Gasteiger partial charge in [-0.2, -0.15) is 0 Å². The Morgan fingerprint density at radius 1 is 1.17 bits per heavy atom. The summed E-state index contributed by atoms with van der Waals surface area (Å²) in [7, 11) is 1.96. The number of halogens is 2. The SMILES string of the molecule is CN(Cc1ccccc1)c1ncnc(Cl)c1CCl. The first-order valence-corrected chi connectivity index (χ1v) is 6.44. The molecule has 2 rings (SSSR count). The van der Waals surface area contributed by atoms with Gasteiger partial charge in [0.25, 0.3) is 0 Å². The van der Waals surface area contributed by atoms with Crippen molar-refractivity contribution in [3.05, 3.63) is 52.9 Å². The number of alkyl halides is 1. The molecule has 0 aliphatic heterocycles. The normalized spacial score (nSPS) is 10.4. The standard InChI is InChI=1S/C13H13Cl2N3/c1-18(8-10-5-3-2-4-6-10)13-11(7-14)12(15)16-9-17-13/h2-6,9H,7-8H2,1H3. The molecular weight excluding hydrogens is 269 g/mol. The van der Waals surface area contributed by atoms with E-state index in [0.717, 1.165) is 17.9 Å². The number of hydrogen-bond acceptors (Lipinski definition) is 3. The molecule has 0 saturated heterocycles. The highest BCUT2D eigenvalue weighted by molar-refractivity contribution is 6.31. The van der Waals surface area contributed by atoms with E-state index in [1.807, 2.05) is 30.1 Å².